The van der Waals surface area contributed by atoms with E-state index in [2.05, 4.69) is 10.6 Å². The largest absolute Gasteiger partial charge is 0.394 e. The van der Waals surface area contributed by atoms with E-state index in [1.54, 1.807) is 0 Å². The minimum Gasteiger partial charge on any atom is -0.394 e. The molecule has 0 bridgehead atoms. The molecule has 1 aromatic rings. The first-order chi connectivity index (χ1) is 10.8. The van der Waals surface area contributed by atoms with E-state index in [1.807, 2.05) is 45.0 Å². The van der Waals surface area contributed by atoms with Crippen LogP contribution in [0, 0.1) is 12.8 Å². The highest BCUT2D eigenvalue weighted by atomic mass is 16.3. The molecular weight excluding hydrogens is 292 g/mol. The first-order valence-electron chi connectivity index (χ1n) is 8.05. The van der Waals surface area contributed by atoms with Crippen LogP contribution in [0.2, 0.25) is 0 Å². The van der Waals surface area contributed by atoms with Gasteiger partial charge in [0.2, 0.25) is 11.8 Å². The molecule has 0 radical (unpaired) electrons. The standard InChI is InChI=1S/C18H28N2O3/c1-12(2)9-16(11-21)20-18(23)10-17(19-14(4)22)15-7-5-13(3)6-8-15/h5-8,12,16-17,21H,9-11H2,1-4H3,(H,19,22)(H,20,23). The summed E-state index contributed by atoms with van der Waals surface area (Å²) in [4.78, 5) is 23.7. The number of rotatable bonds is 8. The summed E-state index contributed by atoms with van der Waals surface area (Å²) >= 11 is 0. The summed E-state index contributed by atoms with van der Waals surface area (Å²) < 4.78 is 0. The van der Waals surface area contributed by atoms with Crippen molar-refractivity contribution >= 4 is 11.8 Å². The van der Waals surface area contributed by atoms with E-state index >= 15 is 0 Å². The molecule has 0 fully saturated rings. The topological polar surface area (TPSA) is 78.4 Å². The van der Waals surface area contributed by atoms with Gasteiger partial charge in [0.25, 0.3) is 0 Å². The molecule has 1 rings (SSSR count). The van der Waals surface area contributed by atoms with Crippen LogP contribution in [-0.2, 0) is 9.59 Å². The number of hydrogen-bond acceptors (Lipinski definition) is 3. The van der Waals surface area contributed by atoms with Crippen molar-refractivity contribution in [2.75, 3.05) is 6.61 Å². The van der Waals surface area contributed by atoms with Gasteiger partial charge in [-0.15, -0.1) is 0 Å². The molecule has 0 aliphatic heterocycles. The van der Waals surface area contributed by atoms with Crippen LogP contribution in [0.5, 0.6) is 0 Å². The highest BCUT2D eigenvalue weighted by Crippen LogP contribution is 2.18. The summed E-state index contributed by atoms with van der Waals surface area (Å²) in [7, 11) is 0. The molecule has 0 aliphatic rings. The number of carbonyl (C=O) groups is 2. The van der Waals surface area contributed by atoms with E-state index in [0.29, 0.717) is 5.92 Å². The normalized spacial score (nSPS) is 13.5. The molecule has 2 amide bonds. The van der Waals surface area contributed by atoms with Gasteiger partial charge in [-0.1, -0.05) is 43.7 Å². The average Bonchev–Trinajstić information content (AvgIpc) is 2.45. The van der Waals surface area contributed by atoms with Gasteiger partial charge in [-0.2, -0.15) is 0 Å². The van der Waals surface area contributed by atoms with Gasteiger partial charge < -0.3 is 15.7 Å². The summed E-state index contributed by atoms with van der Waals surface area (Å²) in [6.45, 7) is 7.43. The fourth-order valence-electron chi connectivity index (χ4n) is 2.52. The van der Waals surface area contributed by atoms with Gasteiger partial charge >= 0.3 is 0 Å². The molecule has 0 heterocycles. The second-order valence-corrected chi connectivity index (χ2v) is 6.44. The van der Waals surface area contributed by atoms with Crippen LogP contribution in [0.3, 0.4) is 0 Å². The van der Waals surface area contributed by atoms with Crippen molar-refractivity contribution in [2.45, 2.75) is 52.6 Å². The zero-order valence-electron chi connectivity index (χ0n) is 14.4. The van der Waals surface area contributed by atoms with E-state index in [1.165, 1.54) is 6.92 Å². The number of aryl methyl sites for hydroxylation is 1. The minimum absolute atomic E-state index is 0.0841. The summed E-state index contributed by atoms with van der Waals surface area (Å²) in [5.74, 6) is 0.0315. The molecule has 128 valence electrons. The molecule has 5 heteroatoms. The lowest BCUT2D eigenvalue weighted by molar-refractivity contribution is -0.123. The predicted octanol–water partition coefficient (Wildman–Crippen LogP) is 2.09. The monoisotopic (exact) mass is 320 g/mol. The maximum Gasteiger partial charge on any atom is 0.222 e. The number of carbonyl (C=O) groups excluding carboxylic acids is 2. The molecule has 0 spiro atoms. The number of aliphatic hydroxyl groups excluding tert-OH is 1. The summed E-state index contributed by atoms with van der Waals surface area (Å²) in [6, 6.07) is 7.13. The van der Waals surface area contributed by atoms with Gasteiger partial charge in [-0.05, 0) is 24.8 Å². The highest BCUT2D eigenvalue weighted by Gasteiger charge is 2.19. The molecule has 2 atom stereocenters. The third kappa shape index (κ3) is 7.28. The van der Waals surface area contributed by atoms with E-state index in [0.717, 1.165) is 17.5 Å². The van der Waals surface area contributed by atoms with Crippen LogP contribution in [0.25, 0.3) is 0 Å². The zero-order chi connectivity index (χ0) is 17.4. The van der Waals surface area contributed by atoms with Gasteiger partial charge in [0.05, 0.1) is 25.1 Å². The Bertz CT molecular complexity index is 512. The number of aliphatic hydroxyl groups is 1. The Morgan fingerprint density at radius 1 is 1.13 bits per heavy atom. The van der Waals surface area contributed by atoms with Crippen molar-refractivity contribution in [3.05, 3.63) is 35.4 Å². The van der Waals surface area contributed by atoms with Crippen LogP contribution in [0.15, 0.2) is 24.3 Å². The second kappa shape index (κ2) is 9.30. The van der Waals surface area contributed by atoms with E-state index in [9.17, 15) is 14.7 Å². The van der Waals surface area contributed by atoms with Gasteiger partial charge in [-0.25, -0.2) is 0 Å². The fraction of sp³-hybridized carbons (Fsp3) is 0.556. The smallest absolute Gasteiger partial charge is 0.222 e. The highest BCUT2D eigenvalue weighted by molar-refractivity contribution is 5.79. The Labute approximate surface area is 138 Å². The van der Waals surface area contributed by atoms with Crippen LogP contribution >= 0.6 is 0 Å². The van der Waals surface area contributed by atoms with Crippen LogP contribution in [0.4, 0.5) is 0 Å². The van der Waals surface area contributed by atoms with Crippen molar-refractivity contribution in [1.29, 1.82) is 0 Å². The first-order valence-corrected chi connectivity index (χ1v) is 8.05. The Balaban J connectivity index is 2.74. The van der Waals surface area contributed by atoms with Gasteiger partial charge in [0.15, 0.2) is 0 Å². The SMILES string of the molecule is CC(=O)NC(CC(=O)NC(CO)CC(C)C)c1ccc(C)cc1. The van der Waals surface area contributed by atoms with Crippen LogP contribution < -0.4 is 10.6 Å². The van der Waals surface area contributed by atoms with Gasteiger partial charge in [0, 0.05) is 6.92 Å². The minimum atomic E-state index is -0.369. The van der Waals surface area contributed by atoms with E-state index < -0.39 is 0 Å². The molecule has 0 aliphatic carbocycles. The van der Waals surface area contributed by atoms with Crippen molar-refractivity contribution < 1.29 is 14.7 Å². The van der Waals surface area contributed by atoms with Crippen molar-refractivity contribution in [1.82, 2.24) is 10.6 Å². The molecule has 0 saturated heterocycles. The molecule has 3 N–H and O–H groups in total. The number of nitrogens with one attached hydrogen (secondary N) is 2. The zero-order valence-corrected chi connectivity index (χ0v) is 14.4. The van der Waals surface area contributed by atoms with Crippen molar-refractivity contribution in [3.8, 4) is 0 Å². The van der Waals surface area contributed by atoms with Crippen molar-refractivity contribution in [2.24, 2.45) is 5.92 Å². The molecule has 2 unspecified atom stereocenters. The summed E-state index contributed by atoms with van der Waals surface area (Å²) in [5, 5.41) is 15.0. The van der Waals surface area contributed by atoms with Crippen LogP contribution in [0.1, 0.15) is 50.8 Å². The third-order valence-corrected chi connectivity index (χ3v) is 3.59. The van der Waals surface area contributed by atoms with Gasteiger partial charge in [0.1, 0.15) is 0 Å². The number of hydrogen-bond donors (Lipinski definition) is 3. The third-order valence-electron chi connectivity index (χ3n) is 3.59. The van der Waals surface area contributed by atoms with Crippen molar-refractivity contribution in [3.63, 3.8) is 0 Å². The quantitative estimate of drug-likeness (QED) is 0.686. The Hall–Kier alpha value is -1.88. The Kier molecular flexibility index (Phi) is 7.75. The molecule has 0 aromatic heterocycles. The van der Waals surface area contributed by atoms with Crippen LogP contribution in [-0.4, -0.2) is 29.6 Å². The summed E-state index contributed by atoms with van der Waals surface area (Å²) in [5.41, 5.74) is 2.02. The van der Waals surface area contributed by atoms with Gasteiger partial charge in [-0.3, -0.25) is 9.59 Å². The lowest BCUT2D eigenvalue weighted by Gasteiger charge is -2.22. The lowest BCUT2D eigenvalue weighted by Crippen LogP contribution is -2.40. The molecular formula is C18H28N2O3. The maximum atomic E-state index is 12.3. The van der Waals surface area contributed by atoms with E-state index in [-0.39, 0.29) is 36.9 Å². The lowest BCUT2D eigenvalue weighted by atomic mass is 10.0. The average molecular weight is 320 g/mol. The first kappa shape index (κ1) is 19.2. The molecule has 0 saturated carbocycles. The maximum absolute atomic E-state index is 12.3. The number of amides is 2. The fourth-order valence-corrected chi connectivity index (χ4v) is 2.52. The molecule has 23 heavy (non-hydrogen) atoms. The Morgan fingerprint density at radius 2 is 1.74 bits per heavy atom. The number of benzene rings is 1. The molecule has 1 aromatic carbocycles. The summed E-state index contributed by atoms with van der Waals surface area (Å²) in [6.07, 6.45) is 0.870. The van der Waals surface area contributed by atoms with E-state index in [4.69, 9.17) is 0 Å². The Morgan fingerprint density at radius 3 is 2.22 bits per heavy atom. The second-order valence-electron chi connectivity index (χ2n) is 6.44. The predicted molar refractivity (Wildman–Crippen MR) is 90.8 cm³/mol. The molecule has 5 nitrogen and oxygen atoms in total.